The second-order valence-electron chi connectivity index (χ2n) is 5.49. The molecule has 0 radical (unpaired) electrons. The molecule has 2 rings (SSSR count). The number of amides is 1. The normalized spacial score (nSPS) is 11.5. The zero-order valence-corrected chi connectivity index (χ0v) is 14.7. The van der Waals surface area contributed by atoms with Crippen molar-refractivity contribution in [3.63, 3.8) is 0 Å². The largest absolute Gasteiger partial charge is 0.497 e. The van der Waals surface area contributed by atoms with Crippen molar-refractivity contribution in [2.75, 3.05) is 21.3 Å². The summed E-state index contributed by atoms with van der Waals surface area (Å²) in [6, 6.07) is 10.6. The standard InChI is InChI=1S/C19H23NO4/c1-12-10-14(6-8-17(12)23-4)19(21)20-13(2)16-11-15(22-3)7-9-18(16)24-5/h6-11,13H,1-5H3,(H,20,21)/t13-/m0/s1. The number of hydrogen-bond acceptors (Lipinski definition) is 4. The molecule has 128 valence electrons. The highest BCUT2D eigenvalue weighted by Gasteiger charge is 2.16. The number of carbonyl (C=O) groups is 1. The maximum absolute atomic E-state index is 12.5. The summed E-state index contributed by atoms with van der Waals surface area (Å²) in [6.07, 6.45) is 0. The van der Waals surface area contributed by atoms with Crippen molar-refractivity contribution in [2.45, 2.75) is 19.9 Å². The zero-order valence-electron chi connectivity index (χ0n) is 14.7. The Bertz CT molecular complexity index is 727. The fraction of sp³-hybridized carbons (Fsp3) is 0.316. The summed E-state index contributed by atoms with van der Waals surface area (Å²) in [7, 11) is 4.82. The predicted octanol–water partition coefficient (Wildman–Crippen LogP) is 3.51. The summed E-state index contributed by atoms with van der Waals surface area (Å²) in [4.78, 5) is 12.5. The van der Waals surface area contributed by atoms with Gasteiger partial charge in [0.2, 0.25) is 0 Å². The van der Waals surface area contributed by atoms with E-state index >= 15 is 0 Å². The van der Waals surface area contributed by atoms with Gasteiger partial charge in [0.05, 0.1) is 27.4 Å². The third-order valence-corrected chi connectivity index (χ3v) is 3.91. The van der Waals surface area contributed by atoms with E-state index in [0.717, 1.165) is 16.9 Å². The Morgan fingerprint density at radius 1 is 0.958 bits per heavy atom. The minimum atomic E-state index is -0.232. The minimum absolute atomic E-state index is 0.155. The van der Waals surface area contributed by atoms with Gasteiger partial charge in [-0.05, 0) is 55.8 Å². The maximum atomic E-state index is 12.5. The van der Waals surface area contributed by atoms with Crippen LogP contribution in [-0.2, 0) is 0 Å². The first-order valence-corrected chi connectivity index (χ1v) is 7.67. The van der Waals surface area contributed by atoms with Crippen LogP contribution >= 0.6 is 0 Å². The lowest BCUT2D eigenvalue weighted by Crippen LogP contribution is -2.27. The molecule has 0 fully saturated rings. The van der Waals surface area contributed by atoms with E-state index in [0.29, 0.717) is 17.1 Å². The maximum Gasteiger partial charge on any atom is 0.251 e. The Balaban J connectivity index is 2.21. The van der Waals surface area contributed by atoms with Crippen LogP contribution < -0.4 is 19.5 Å². The number of methoxy groups -OCH3 is 3. The highest BCUT2D eigenvalue weighted by atomic mass is 16.5. The number of ether oxygens (including phenoxy) is 3. The molecular weight excluding hydrogens is 306 g/mol. The summed E-state index contributed by atoms with van der Waals surface area (Å²) in [6.45, 7) is 3.82. The van der Waals surface area contributed by atoms with Gasteiger partial charge < -0.3 is 19.5 Å². The summed E-state index contributed by atoms with van der Waals surface area (Å²) in [5.41, 5.74) is 2.36. The molecule has 0 saturated heterocycles. The summed E-state index contributed by atoms with van der Waals surface area (Å²) in [5.74, 6) is 2.02. The lowest BCUT2D eigenvalue weighted by Gasteiger charge is -2.18. The third kappa shape index (κ3) is 3.79. The van der Waals surface area contributed by atoms with Gasteiger partial charge in [-0.15, -0.1) is 0 Å². The third-order valence-electron chi connectivity index (χ3n) is 3.91. The number of hydrogen-bond donors (Lipinski definition) is 1. The average molecular weight is 329 g/mol. The van der Waals surface area contributed by atoms with Gasteiger partial charge >= 0.3 is 0 Å². The van der Waals surface area contributed by atoms with Gasteiger partial charge in [-0.3, -0.25) is 4.79 Å². The number of aryl methyl sites for hydroxylation is 1. The second kappa shape index (κ2) is 7.73. The van der Waals surface area contributed by atoms with E-state index < -0.39 is 0 Å². The molecule has 1 amide bonds. The van der Waals surface area contributed by atoms with Crippen LogP contribution in [0.1, 0.15) is 34.5 Å². The van der Waals surface area contributed by atoms with Gasteiger partial charge in [0, 0.05) is 11.1 Å². The molecule has 2 aromatic rings. The molecule has 0 spiro atoms. The van der Waals surface area contributed by atoms with E-state index in [4.69, 9.17) is 14.2 Å². The fourth-order valence-corrected chi connectivity index (χ4v) is 2.56. The molecule has 5 nitrogen and oxygen atoms in total. The second-order valence-corrected chi connectivity index (χ2v) is 5.49. The first-order chi connectivity index (χ1) is 11.5. The Morgan fingerprint density at radius 3 is 2.21 bits per heavy atom. The topological polar surface area (TPSA) is 56.8 Å². The quantitative estimate of drug-likeness (QED) is 0.881. The Labute approximate surface area is 142 Å². The average Bonchev–Trinajstić information content (AvgIpc) is 2.60. The Hall–Kier alpha value is -2.69. The summed E-state index contributed by atoms with van der Waals surface area (Å²) < 4.78 is 15.9. The summed E-state index contributed by atoms with van der Waals surface area (Å²) in [5, 5.41) is 2.99. The van der Waals surface area contributed by atoms with Crippen LogP contribution in [0.15, 0.2) is 36.4 Å². The number of carbonyl (C=O) groups excluding carboxylic acids is 1. The van der Waals surface area contributed by atoms with Gasteiger partial charge in [-0.25, -0.2) is 0 Å². The fourth-order valence-electron chi connectivity index (χ4n) is 2.56. The van der Waals surface area contributed by atoms with Crippen molar-refractivity contribution in [2.24, 2.45) is 0 Å². The van der Waals surface area contributed by atoms with E-state index in [1.165, 1.54) is 0 Å². The van der Waals surface area contributed by atoms with Gasteiger partial charge in [0.1, 0.15) is 17.2 Å². The van der Waals surface area contributed by atoms with Crippen LogP contribution in [0.2, 0.25) is 0 Å². The molecule has 0 aliphatic rings. The highest BCUT2D eigenvalue weighted by molar-refractivity contribution is 5.94. The van der Waals surface area contributed by atoms with E-state index in [2.05, 4.69) is 5.32 Å². The molecule has 0 aliphatic heterocycles. The molecule has 24 heavy (non-hydrogen) atoms. The van der Waals surface area contributed by atoms with E-state index in [1.807, 2.05) is 38.1 Å². The number of rotatable bonds is 6. The SMILES string of the molecule is COc1ccc(OC)c([C@H](C)NC(=O)c2ccc(OC)c(C)c2)c1. The lowest BCUT2D eigenvalue weighted by molar-refractivity contribution is 0.0939. The lowest BCUT2D eigenvalue weighted by atomic mass is 10.1. The molecule has 0 aliphatic carbocycles. The molecule has 1 atom stereocenters. The van der Waals surface area contributed by atoms with Crippen molar-refractivity contribution in [1.82, 2.24) is 5.32 Å². The van der Waals surface area contributed by atoms with E-state index in [-0.39, 0.29) is 11.9 Å². The molecule has 0 aromatic heterocycles. The number of benzene rings is 2. The Kier molecular flexibility index (Phi) is 5.68. The first-order valence-electron chi connectivity index (χ1n) is 7.67. The molecule has 1 N–H and O–H groups in total. The molecule has 2 aromatic carbocycles. The zero-order chi connectivity index (χ0) is 17.7. The van der Waals surface area contributed by atoms with Gasteiger partial charge in [-0.1, -0.05) is 0 Å². The smallest absolute Gasteiger partial charge is 0.251 e. The van der Waals surface area contributed by atoms with Crippen LogP contribution in [0, 0.1) is 6.92 Å². The van der Waals surface area contributed by atoms with Crippen molar-refractivity contribution in [1.29, 1.82) is 0 Å². The molecule has 0 saturated carbocycles. The molecule has 0 heterocycles. The van der Waals surface area contributed by atoms with Crippen molar-refractivity contribution >= 4 is 5.91 Å². The van der Waals surface area contributed by atoms with Crippen LogP contribution in [0.25, 0.3) is 0 Å². The molecule has 0 bridgehead atoms. The van der Waals surface area contributed by atoms with Crippen molar-refractivity contribution < 1.29 is 19.0 Å². The molecular formula is C19H23NO4. The first kappa shape index (κ1) is 17.7. The van der Waals surface area contributed by atoms with Crippen LogP contribution in [-0.4, -0.2) is 27.2 Å². The molecule has 0 unspecified atom stereocenters. The van der Waals surface area contributed by atoms with Gasteiger partial charge in [-0.2, -0.15) is 0 Å². The van der Waals surface area contributed by atoms with Crippen LogP contribution in [0.3, 0.4) is 0 Å². The van der Waals surface area contributed by atoms with Crippen LogP contribution in [0.4, 0.5) is 0 Å². The van der Waals surface area contributed by atoms with Crippen LogP contribution in [0.5, 0.6) is 17.2 Å². The van der Waals surface area contributed by atoms with E-state index in [1.54, 1.807) is 33.5 Å². The van der Waals surface area contributed by atoms with Gasteiger partial charge in [0.15, 0.2) is 0 Å². The monoisotopic (exact) mass is 329 g/mol. The van der Waals surface area contributed by atoms with E-state index in [9.17, 15) is 4.79 Å². The predicted molar refractivity (Wildman–Crippen MR) is 93.2 cm³/mol. The van der Waals surface area contributed by atoms with Crippen molar-refractivity contribution in [3.8, 4) is 17.2 Å². The Morgan fingerprint density at radius 2 is 1.62 bits per heavy atom. The molecule has 5 heteroatoms. The number of nitrogens with one attached hydrogen (secondary N) is 1. The van der Waals surface area contributed by atoms with Gasteiger partial charge in [0.25, 0.3) is 5.91 Å². The highest BCUT2D eigenvalue weighted by Crippen LogP contribution is 2.29. The summed E-state index contributed by atoms with van der Waals surface area (Å²) >= 11 is 0. The minimum Gasteiger partial charge on any atom is -0.497 e. The van der Waals surface area contributed by atoms with Crippen molar-refractivity contribution in [3.05, 3.63) is 53.1 Å².